The molecule has 2 rings (SSSR count). The van der Waals surface area contributed by atoms with Crippen LogP contribution in [0.1, 0.15) is 41.4 Å². The van der Waals surface area contributed by atoms with Gasteiger partial charge in [-0.1, -0.05) is 32.0 Å². The second kappa shape index (κ2) is 5.65. The third-order valence-electron chi connectivity index (χ3n) is 2.98. The minimum atomic E-state index is -0.0742. The molecule has 1 aromatic carbocycles. The van der Waals surface area contributed by atoms with E-state index < -0.39 is 0 Å². The van der Waals surface area contributed by atoms with E-state index in [1.54, 1.807) is 12.3 Å². The minimum Gasteiger partial charge on any atom is -0.322 e. The Morgan fingerprint density at radius 2 is 1.95 bits per heavy atom. The molecule has 0 aliphatic heterocycles. The Balaban J connectivity index is 2.25. The number of hydrogen-bond acceptors (Lipinski definition) is 2. The summed E-state index contributed by atoms with van der Waals surface area (Å²) < 4.78 is 0. The number of rotatable bonds is 3. The summed E-state index contributed by atoms with van der Waals surface area (Å²) in [7, 11) is 0. The van der Waals surface area contributed by atoms with Crippen LogP contribution in [-0.4, -0.2) is 10.9 Å². The van der Waals surface area contributed by atoms with Gasteiger partial charge in [-0.25, -0.2) is 0 Å². The zero-order valence-electron chi connectivity index (χ0n) is 11.5. The number of anilines is 1. The fourth-order valence-electron chi connectivity index (χ4n) is 2.03. The predicted molar refractivity (Wildman–Crippen MR) is 77.5 cm³/mol. The van der Waals surface area contributed by atoms with Gasteiger partial charge >= 0.3 is 0 Å². The topological polar surface area (TPSA) is 42.0 Å². The van der Waals surface area contributed by atoms with E-state index in [1.807, 2.05) is 37.3 Å². The first-order valence-corrected chi connectivity index (χ1v) is 6.41. The Morgan fingerprint density at radius 3 is 2.63 bits per heavy atom. The molecule has 19 heavy (non-hydrogen) atoms. The van der Waals surface area contributed by atoms with Gasteiger partial charge in [-0.3, -0.25) is 9.78 Å². The molecule has 0 bridgehead atoms. The van der Waals surface area contributed by atoms with E-state index in [9.17, 15) is 4.79 Å². The summed E-state index contributed by atoms with van der Waals surface area (Å²) in [6.45, 7) is 6.07. The maximum atomic E-state index is 12.3. The molecule has 0 atom stereocenters. The Hall–Kier alpha value is -2.16. The summed E-state index contributed by atoms with van der Waals surface area (Å²) >= 11 is 0. The van der Waals surface area contributed by atoms with E-state index >= 15 is 0 Å². The third-order valence-corrected chi connectivity index (χ3v) is 2.98. The number of hydrogen-bond donors (Lipinski definition) is 1. The van der Waals surface area contributed by atoms with Crippen molar-refractivity contribution in [3.05, 3.63) is 59.4 Å². The van der Waals surface area contributed by atoms with Gasteiger partial charge in [-0.15, -0.1) is 0 Å². The van der Waals surface area contributed by atoms with E-state index in [4.69, 9.17) is 0 Å². The summed E-state index contributed by atoms with van der Waals surface area (Å²) in [5.41, 5.74) is 3.45. The standard InChI is InChI=1S/C16H18N2O/c1-11(2)14-6-4-5-7-15(14)16(19)18-13-8-9-17-12(3)10-13/h4-11H,1-3H3,(H,17,18,19). The highest BCUT2D eigenvalue weighted by atomic mass is 16.1. The quantitative estimate of drug-likeness (QED) is 0.906. The molecule has 0 aliphatic rings. The fourth-order valence-corrected chi connectivity index (χ4v) is 2.03. The average molecular weight is 254 g/mol. The zero-order chi connectivity index (χ0) is 13.8. The van der Waals surface area contributed by atoms with E-state index in [-0.39, 0.29) is 5.91 Å². The maximum Gasteiger partial charge on any atom is 0.255 e. The van der Waals surface area contributed by atoms with Gasteiger partial charge in [-0.2, -0.15) is 0 Å². The highest BCUT2D eigenvalue weighted by Crippen LogP contribution is 2.20. The number of amides is 1. The van der Waals surface area contributed by atoms with Crippen molar-refractivity contribution in [1.82, 2.24) is 4.98 Å². The van der Waals surface area contributed by atoms with Crippen LogP contribution in [0.4, 0.5) is 5.69 Å². The van der Waals surface area contributed by atoms with Crippen molar-refractivity contribution in [2.45, 2.75) is 26.7 Å². The van der Waals surface area contributed by atoms with Gasteiger partial charge in [0.15, 0.2) is 0 Å². The maximum absolute atomic E-state index is 12.3. The lowest BCUT2D eigenvalue weighted by Gasteiger charge is -2.12. The highest BCUT2D eigenvalue weighted by molar-refractivity contribution is 6.05. The van der Waals surface area contributed by atoms with Crippen LogP contribution in [0.2, 0.25) is 0 Å². The van der Waals surface area contributed by atoms with E-state index in [0.717, 1.165) is 22.5 Å². The molecule has 1 heterocycles. The number of carbonyl (C=O) groups excluding carboxylic acids is 1. The summed E-state index contributed by atoms with van der Waals surface area (Å²) in [4.78, 5) is 16.4. The van der Waals surface area contributed by atoms with Crippen molar-refractivity contribution in [3.8, 4) is 0 Å². The molecule has 0 spiro atoms. The number of nitrogens with one attached hydrogen (secondary N) is 1. The lowest BCUT2D eigenvalue weighted by Crippen LogP contribution is -2.14. The second-order valence-corrected chi connectivity index (χ2v) is 4.88. The molecule has 2 aromatic rings. The number of carbonyl (C=O) groups is 1. The second-order valence-electron chi connectivity index (χ2n) is 4.88. The average Bonchev–Trinajstić information content (AvgIpc) is 2.38. The number of pyridine rings is 1. The number of benzene rings is 1. The van der Waals surface area contributed by atoms with Crippen LogP contribution in [0.3, 0.4) is 0 Å². The number of nitrogens with zero attached hydrogens (tertiary/aromatic N) is 1. The van der Waals surface area contributed by atoms with Gasteiger partial charge in [0.2, 0.25) is 0 Å². The van der Waals surface area contributed by atoms with E-state index in [1.165, 1.54) is 0 Å². The summed E-state index contributed by atoms with van der Waals surface area (Å²) in [5, 5.41) is 2.92. The van der Waals surface area contributed by atoms with Crippen molar-refractivity contribution >= 4 is 11.6 Å². The zero-order valence-corrected chi connectivity index (χ0v) is 11.5. The van der Waals surface area contributed by atoms with Crippen LogP contribution in [0.15, 0.2) is 42.6 Å². The van der Waals surface area contributed by atoms with Gasteiger partial charge in [0.1, 0.15) is 0 Å². The van der Waals surface area contributed by atoms with Crippen LogP contribution in [0.5, 0.6) is 0 Å². The van der Waals surface area contributed by atoms with Crippen LogP contribution < -0.4 is 5.32 Å². The largest absolute Gasteiger partial charge is 0.322 e. The summed E-state index contributed by atoms with van der Waals surface area (Å²) in [5.74, 6) is 0.246. The van der Waals surface area contributed by atoms with Crippen molar-refractivity contribution < 1.29 is 4.79 Å². The summed E-state index contributed by atoms with van der Waals surface area (Å²) in [6.07, 6.45) is 1.69. The third kappa shape index (κ3) is 3.19. The molecule has 1 N–H and O–H groups in total. The van der Waals surface area contributed by atoms with Crippen LogP contribution in [0.25, 0.3) is 0 Å². The first-order valence-electron chi connectivity index (χ1n) is 6.41. The molecule has 0 fully saturated rings. The molecular formula is C16H18N2O. The first-order chi connectivity index (χ1) is 9.08. The summed E-state index contributed by atoms with van der Waals surface area (Å²) in [6, 6.07) is 11.4. The molecule has 98 valence electrons. The van der Waals surface area contributed by atoms with Gasteiger partial charge < -0.3 is 5.32 Å². The molecule has 0 aliphatic carbocycles. The van der Waals surface area contributed by atoms with Crippen LogP contribution >= 0.6 is 0 Å². The van der Waals surface area contributed by atoms with Crippen molar-refractivity contribution in [2.75, 3.05) is 5.32 Å². The Labute approximate surface area is 113 Å². The van der Waals surface area contributed by atoms with Gasteiger partial charge in [0.25, 0.3) is 5.91 Å². The van der Waals surface area contributed by atoms with Gasteiger partial charge in [0.05, 0.1) is 0 Å². The minimum absolute atomic E-state index is 0.0742. The molecule has 1 aromatic heterocycles. The molecule has 1 amide bonds. The van der Waals surface area contributed by atoms with Crippen molar-refractivity contribution in [3.63, 3.8) is 0 Å². The molecule has 0 saturated carbocycles. The Kier molecular flexibility index (Phi) is 3.95. The number of aromatic nitrogens is 1. The molecule has 3 nitrogen and oxygen atoms in total. The molecule has 3 heteroatoms. The van der Waals surface area contributed by atoms with Gasteiger partial charge in [-0.05, 0) is 36.6 Å². The number of aryl methyl sites for hydroxylation is 1. The van der Waals surface area contributed by atoms with E-state index in [2.05, 4.69) is 24.1 Å². The first kappa shape index (κ1) is 13.3. The van der Waals surface area contributed by atoms with E-state index in [0.29, 0.717) is 5.92 Å². The van der Waals surface area contributed by atoms with Crippen molar-refractivity contribution in [2.24, 2.45) is 0 Å². The Bertz CT molecular complexity index is 591. The molecule has 0 radical (unpaired) electrons. The fraction of sp³-hybridized carbons (Fsp3) is 0.250. The lowest BCUT2D eigenvalue weighted by molar-refractivity contribution is 0.102. The smallest absolute Gasteiger partial charge is 0.255 e. The normalized spacial score (nSPS) is 10.5. The van der Waals surface area contributed by atoms with Gasteiger partial charge in [0, 0.05) is 23.1 Å². The molecule has 0 unspecified atom stereocenters. The highest BCUT2D eigenvalue weighted by Gasteiger charge is 2.13. The molecular weight excluding hydrogens is 236 g/mol. The van der Waals surface area contributed by atoms with Crippen molar-refractivity contribution in [1.29, 1.82) is 0 Å². The lowest BCUT2D eigenvalue weighted by atomic mass is 9.97. The SMILES string of the molecule is Cc1cc(NC(=O)c2ccccc2C(C)C)ccn1. The van der Waals surface area contributed by atoms with Crippen LogP contribution in [0, 0.1) is 6.92 Å². The van der Waals surface area contributed by atoms with Crippen LogP contribution in [-0.2, 0) is 0 Å². The molecule has 0 saturated heterocycles. The predicted octanol–water partition coefficient (Wildman–Crippen LogP) is 3.77. The monoisotopic (exact) mass is 254 g/mol. The Morgan fingerprint density at radius 1 is 1.21 bits per heavy atom.